The highest BCUT2D eigenvalue weighted by Crippen LogP contribution is 2.40. The van der Waals surface area contributed by atoms with Crippen LogP contribution in [0, 0.1) is 5.41 Å². The smallest absolute Gasteiger partial charge is 0.236 e. The molecule has 2 heterocycles. The molecule has 2 aliphatic heterocycles. The lowest BCUT2D eigenvalue weighted by atomic mass is 9.73. The van der Waals surface area contributed by atoms with Gasteiger partial charge in [0.1, 0.15) is 0 Å². The van der Waals surface area contributed by atoms with Crippen molar-refractivity contribution in [1.82, 2.24) is 9.80 Å². The summed E-state index contributed by atoms with van der Waals surface area (Å²) < 4.78 is 11.4. The number of carbonyl (C=O) groups excluding carboxylic acids is 1. The van der Waals surface area contributed by atoms with Gasteiger partial charge < -0.3 is 14.4 Å². The number of rotatable bonds is 5. The summed E-state index contributed by atoms with van der Waals surface area (Å²) in [5.74, 6) is 0.228. The fourth-order valence-corrected chi connectivity index (χ4v) is 3.50. The van der Waals surface area contributed by atoms with Crippen molar-refractivity contribution in [2.75, 3.05) is 47.0 Å². The molecule has 1 amide bonds. The number of amides is 1. The molecule has 21 heavy (non-hydrogen) atoms. The number of likely N-dealkylation sites (N-methyl/N-ethyl adjacent to an activating group) is 1. The van der Waals surface area contributed by atoms with Gasteiger partial charge in [-0.25, -0.2) is 0 Å². The molecular formula is C16H30N2O3. The summed E-state index contributed by atoms with van der Waals surface area (Å²) in [7, 11) is 3.75. The Balaban J connectivity index is 2.01. The Kier molecular flexibility index (Phi) is 5.63. The van der Waals surface area contributed by atoms with Gasteiger partial charge in [-0.1, -0.05) is 0 Å². The van der Waals surface area contributed by atoms with Gasteiger partial charge in [0.25, 0.3) is 0 Å². The van der Waals surface area contributed by atoms with Crippen molar-refractivity contribution in [3.8, 4) is 0 Å². The lowest BCUT2D eigenvalue weighted by Crippen LogP contribution is -2.59. The molecule has 2 atom stereocenters. The lowest BCUT2D eigenvalue weighted by Gasteiger charge is -2.50. The zero-order valence-electron chi connectivity index (χ0n) is 13.9. The molecule has 2 rings (SSSR count). The minimum Gasteiger partial charge on any atom is -0.384 e. The average Bonchev–Trinajstić information content (AvgIpc) is 2.46. The van der Waals surface area contributed by atoms with Crippen molar-refractivity contribution in [3.05, 3.63) is 0 Å². The molecule has 122 valence electrons. The maximum Gasteiger partial charge on any atom is 0.236 e. The Hall–Kier alpha value is -0.650. The summed E-state index contributed by atoms with van der Waals surface area (Å²) in [6.07, 6.45) is 3.34. The summed E-state index contributed by atoms with van der Waals surface area (Å²) in [5.41, 5.74) is -0.00267. The van der Waals surface area contributed by atoms with Gasteiger partial charge in [0.05, 0.1) is 19.3 Å². The fraction of sp³-hybridized carbons (Fsp3) is 0.938. The van der Waals surface area contributed by atoms with E-state index in [0.29, 0.717) is 19.2 Å². The summed E-state index contributed by atoms with van der Waals surface area (Å²) in [6.45, 7) is 7.83. The predicted octanol–water partition coefficient (Wildman–Crippen LogP) is 1.37. The monoisotopic (exact) mass is 298 g/mol. The van der Waals surface area contributed by atoms with Gasteiger partial charge in [0.15, 0.2) is 0 Å². The van der Waals surface area contributed by atoms with Gasteiger partial charge >= 0.3 is 0 Å². The number of likely N-dealkylation sites (tertiary alicyclic amines) is 1. The Labute approximate surface area is 128 Å². The van der Waals surface area contributed by atoms with Crippen molar-refractivity contribution < 1.29 is 14.3 Å². The van der Waals surface area contributed by atoms with Crippen LogP contribution in [0.4, 0.5) is 0 Å². The fourth-order valence-electron chi connectivity index (χ4n) is 3.50. The molecule has 0 saturated carbocycles. The van der Waals surface area contributed by atoms with Crippen LogP contribution >= 0.6 is 0 Å². The normalized spacial score (nSPS) is 29.8. The summed E-state index contributed by atoms with van der Waals surface area (Å²) in [6, 6.07) is 0.387. The number of carbonyl (C=O) groups is 1. The van der Waals surface area contributed by atoms with E-state index in [4.69, 9.17) is 9.47 Å². The molecule has 0 radical (unpaired) electrons. The first-order valence-corrected chi connectivity index (χ1v) is 8.07. The summed E-state index contributed by atoms with van der Waals surface area (Å²) in [5, 5.41) is 0. The van der Waals surface area contributed by atoms with Gasteiger partial charge in [0.2, 0.25) is 5.91 Å². The van der Waals surface area contributed by atoms with Crippen LogP contribution < -0.4 is 0 Å². The Bertz CT molecular complexity index is 357. The maximum absolute atomic E-state index is 12.5. The SMILES string of the molecule is COCC12CCCOC1CCN(C(=O)CN(C)C(C)C)C2. The van der Waals surface area contributed by atoms with E-state index in [2.05, 4.69) is 18.7 Å². The van der Waals surface area contributed by atoms with Crippen LogP contribution in [0.15, 0.2) is 0 Å². The molecule has 0 aromatic carbocycles. The molecule has 2 unspecified atom stereocenters. The largest absolute Gasteiger partial charge is 0.384 e. The topological polar surface area (TPSA) is 42.0 Å². The Morgan fingerprint density at radius 1 is 1.52 bits per heavy atom. The quantitative estimate of drug-likeness (QED) is 0.769. The van der Waals surface area contributed by atoms with Crippen LogP contribution in [0.2, 0.25) is 0 Å². The second kappa shape index (κ2) is 7.07. The van der Waals surface area contributed by atoms with Gasteiger partial charge in [0, 0.05) is 38.3 Å². The molecule has 0 N–H and O–H groups in total. The van der Waals surface area contributed by atoms with Crippen LogP contribution in [0.25, 0.3) is 0 Å². The van der Waals surface area contributed by atoms with Gasteiger partial charge in [-0.3, -0.25) is 9.69 Å². The van der Waals surface area contributed by atoms with E-state index in [1.807, 2.05) is 11.9 Å². The summed E-state index contributed by atoms with van der Waals surface area (Å²) in [4.78, 5) is 16.6. The lowest BCUT2D eigenvalue weighted by molar-refractivity contribution is -0.162. The molecule has 0 aliphatic carbocycles. The van der Waals surface area contributed by atoms with E-state index in [0.717, 1.165) is 39.0 Å². The third-order valence-corrected chi connectivity index (χ3v) is 5.04. The minimum absolute atomic E-state index is 0.00267. The molecular weight excluding hydrogens is 268 g/mol. The van der Waals surface area contributed by atoms with E-state index < -0.39 is 0 Å². The van der Waals surface area contributed by atoms with Crippen molar-refractivity contribution >= 4 is 5.91 Å². The molecule has 2 fully saturated rings. The predicted molar refractivity (Wildman–Crippen MR) is 82.2 cm³/mol. The molecule has 0 aromatic rings. The third kappa shape index (κ3) is 3.76. The van der Waals surface area contributed by atoms with Crippen LogP contribution in [0.1, 0.15) is 33.1 Å². The number of hydrogen-bond acceptors (Lipinski definition) is 4. The van der Waals surface area contributed by atoms with Gasteiger partial charge in [-0.05, 0) is 40.2 Å². The van der Waals surface area contributed by atoms with Crippen LogP contribution in [0.3, 0.4) is 0 Å². The highest BCUT2D eigenvalue weighted by atomic mass is 16.5. The third-order valence-electron chi connectivity index (χ3n) is 5.04. The van der Waals surface area contributed by atoms with E-state index >= 15 is 0 Å². The molecule has 2 aliphatic rings. The Morgan fingerprint density at radius 3 is 2.95 bits per heavy atom. The minimum atomic E-state index is -0.00267. The molecule has 5 nitrogen and oxygen atoms in total. The van der Waals surface area contributed by atoms with Crippen molar-refractivity contribution in [2.45, 2.75) is 45.3 Å². The van der Waals surface area contributed by atoms with Crippen LogP contribution in [-0.4, -0.2) is 74.9 Å². The van der Waals surface area contributed by atoms with E-state index in [1.54, 1.807) is 7.11 Å². The number of fused-ring (bicyclic) bond motifs is 1. The van der Waals surface area contributed by atoms with Crippen molar-refractivity contribution in [2.24, 2.45) is 5.41 Å². The Morgan fingerprint density at radius 2 is 2.29 bits per heavy atom. The standard InChI is InChI=1S/C16H30N2O3/c1-13(2)17(3)10-15(19)18-8-6-14-16(11-18,12-20-4)7-5-9-21-14/h13-14H,5-12H2,1-4H3. The van der Waals surface area contributed by atoms with Crippen LogP contribution in [-0.2, 0) is 14.3 Å². The average molecular weight is 298 g/mol. The molecule has 0 aromatic heterocycles. The number of ether oxygens (including phenoxy) is 2. The molecule has 0 spiro atoms. The highest BCUT2D eigenvalue weighted by Gasteiger charge is 2.47. The van der Waals surface area contributed by atoms with Gasteiger partial charge in [-0.15, -0.1) is 0 Å². The van der Waals surface area contributed by atoms with Gasteiger partial charge in [-0.2, -0.15) is 0 Å². The van der Waals surface area contributed by atoms with E-state index in [-0.39, 0.29) is 17.4 Å². The van der Waals surface area contributed by atoms with Crippen molar-refractivity contribution in [1.29, 1.82) is 0 Å². The number of nitrogens with zero attached hydrogens (tertiary/aromatic N) is 2. The van der Waals surface area contributed by atoms with E-state index in [9.17, 15) is 4.79 Å². The zero-order valence-corrected chi connectivity index (χ0v) is 13.9. The highest BCUT2D eigenvalue weighted by molar-refractivity contribution is 5.78. The summed E-state index contributed by atoms with van der Waals surface area (Å²) >= 11 is 0. The van der Waals surface area contributed by atoms with Crippen LogP contribution in [0.5, 0.6) is 0 Å². The molecule has 5 heteroatoms. The number of hydrogen-bond donors (Lipinski definition) is 0. The second-order valence-corrected chi connectivity index (χ2v) is 6.87. The molecule has 2 saturated heterocycles. The maximum atomic E-state index is 12.5. The first-order valence-electron chi connectivity index (χ1n) is 8.07. The second-order valence-electron chi connectivity index (χ2n) is 6.87. The zero-order chi connectivity index (χ0) is 15.5. The first-order chi connectivity index (χ1) is 9.98. The molecule has 0 bridgehead atoms. The first kappa shape index (κ1) is 16.7. The van der Waals surface area contributed by atoms with E-state index in [1.165, 1.54) is 0 Å². The number of methoxy groups -OCH3 is 1. The number of piperidine rings is 1. The van der Waals surface area contributed by atoms with Crippen molar-refractivity contribution in [3.63, 3.8) is 0 Å².